The fourth-order valence-electron chi connectivity index (χ4n) is 3.14. The smallest absolute Gasteiger partial charge is 0.146 e. The SMILES string of the molecule is CC1=[C]([Ti][C]2=C(C)C=C(C(C)(C)C)C2)CC(C(C)(C)C)=C1.CC[Si](Cl)(Cl)CC. The maximum Gasteiger partial charge on any atom is 0.250 e. The number of hydrogen-bond acceptors (Lipinski definition) is 0. The third kappa shape index (κ3) is 7.95. The molecule has 4 heteroatoms. The summed E-state index contributed by atoms with van der Waals surface area (Å²) < 4.78 is 3.52. The summed E-state index contributed by atoms with van der Waals surface area (Å²) in [6.45, 7) is 21.1. The number of hydrogen-bond donors (Lipinski definition) is 0. The van der Waals surface area contributed by atoms with Crippen LogP contribution in [0.4, 0.5) is 0 Å². The molecule has 2 aliphatic carbocycles. The van der Waals surface area contributed by atoms with Gasteiger partial charge in [-0.25, -0.2) is 0 Å². The average Bonchev–Trinajstić information content (AvgIpc) is 3.12. The average molecular weight is 475 g/mol. The Morgan fingerprint density at radius 1 is 0.786 bits per heavy atom. The molecule has 0 atom stereocenters. The van der Waals surface area contributed by atoms with Gasteiger partial charge in [-0.2, -0.15) is 0 Å². The van der Waals surface area contributed by atoms with Gasteiger partial charge in [0.15, 0.2) is 0 Å². The fourth-order valence-corrected chi connectivity index (χ4v) is 5.92. The van der Waals surface area contributed by atoms with Crippen LogP contribution in [0.2, 0.25) is 12.1 Å². The zero-order valence-electron chi connectivity index (χ0n) is 19.7. The van der Waals surface area contributed by atoms with Crippen LogP contribution in [-0.4, -0.2) is 6.69 Å². The summed E-state index contributed by atoms with van der Waals surface area (Å²) in [6.07, 6.45) is 7.39. The van der Waals surface area contributed by atoms with Gasteiger partial charge in [0.2, 0.25) is 0 Å². The largest absolute Gasteiger partial charge is 0.250 e. The molecule has 0 saturated carbocycles. The second kappa shape index (κ2) is 10.2. The van der Waals surface area contributed by atoms with Gasteiger partial charge >= 0.3 is 140 Å². The fraction of sp³-hybridized carbons (Fsp3) is 0.667. The first-order valence-electron chi connectivity index (χ1n) is 10.6. The van der Waals surface area contributed by atoms with Gasteiger partial charge in [-0.1, -0.05) is 13.8 Å². The maximum atomic E-state index is 5.81. The third-order valence-corrected chi connectivity index (χ3v) is 13.7. The Morgan fingerprint density at radius 2 is 1.11 bits per heavy atom. The minimum Gasteiger partial charge on any atom is -0.146 e. The van der Waals surface area contributed by atoms with Gasteiger partial charge in [0, 0.05) is 0 Å². The summed E-state index contributed by atoms with van der Waals surface area (Å²) >= 11 is 11.5. The summed E-state index contributed by atoms with van der Waals surface area (Å²) in [7, 11) is 0. The van der Waals surface area contributed by atoms with Crippen LogP contribution in [-0.2, 0) is 19.2 Å². The second-order valence-electron chi connectivity index (χ2n) is 10.2. The molecule has 2 rings (SSSR count). The van der Waals surface area contributed by atoms with Gasteiger partial charge in [0.05, 0.1) is 0 Å². The maximum absolute atomic E-state index is 5.81. The molecular weight excluding hydrogens is 435 g/mol. The van der Waals surface area contributed by atoms with Crippen LogP contribution in [0.1, 0.15) is 82.1 Å². The van der Waals surface area contributed by atoms with E-state index in [-0.39, 0.29) is 19.2 Å². The zero-order valence-corrected chi connectivity index (χ0v) is 23.8. The van der Waals surface area contributed by atoms with E-state index in [2.05, 4.69) is 67.5 Å². The molecule has 0 spiro atoms. The molecule has 0 aromatic rings. The second-order valence-corrected chi connectivity index (χ2v) is 20.5. The van der Waals surface area contributed by atoms with E-state index in [1.807, 2.05) is 13.8 Å². The van der Waals surface area contributed by atoms with Crippen LogP contribution in [0.5, 0.6) is 0 Å². The molecule has 0 heterocycles. The molecule has 28 heavy (non-hydrogen) atoms. The van der Waals surface area contributed by atoms with Crippen LogP contribution in [0.25, 0.3) is 0 Å². The number of halogens is 2. The van der Waals surface area contributed by atoms with Crippen molar-refractivity contribution in [3.05, 3.63) is 42.2 Å². The van der Waals surface area contributed by atoms with Gasteiger partial charge in [0.25, 0.3) is 6.69 Å². The van der Waals surface area contributed by atoms with Crippen LogP contribution in [0.3, 0.4) is 0 Å². The summed E-state index contributed by atoms with van der Waals surface area (Å²) in [5.41, 5.74) is 7.01. The molecule has 0 saturated heterocycles. The predicted octanol–water partition coefficient (Wildman–Crippen LogP) is 9.32. The summed E-state index contributed by atoms with van der Waals surface area (Å²) in [5, 5.41) is 0. The molecule has 0 aromatic carbocycles. The molecule has 0 bridgehead atoms. The van der Waals surface area contributed by atoms with E-state index in [4.69, 9.17) is 22.2 Å². The van der Waals surface area contributed by atoms with E-state index in [1.165, 1.54) is 12.8 Å². The van der Waals surface area contributed by atoms with Crippen molar-refractivity contribution < 1.29 is 19.2 Å². The predicted molar refractivity (Wildman–Crippen MR) is 128 cm³/mol. The Hall–Kier alpha value is 0.471. The summed E-state index contributed by atoms with van der Waals surface area (Å²) in [5.74, 6) is 0. The number of rotatable bonds is 4. The van der Waals surface area contributed by atoms with Gasteiger partial charge in [-0.15, -0.1) is 22.2 Å². The molecule has 0 amide bonds. The van der Waals surface area contributed by atoms with E-state index in [0.717, 1.165) is 12.1 Å². The molecular formula is C24H40Cl2SiTi. The van der Waals surface area contributed by atoms with Crippen molar-refractivity contribution in [1.82, 2.24) is 0 Å². The van der Waals surface area contributed by atoms with Crippen LogP contribution in [0.15, 0.2) is 42.2 Å². The molecule has 2 aliphatic rings. The molecule has 158 valence electrons. The minimum atomic E-state index is -1.71. The van der Waals surface area contributed by atoms with Crippen LogP contribution >= 0.6 is 22.2 Å². The summed E-state index contributed by atoms with van der Waals surface area (Å²) in [4.78, 5) is 0. The van der Waals surface area contributed by atoms with E-state index < -0.39 is 6.69 Å². The van der Waals surface area contributed by atoms with Crippen molar-refractivity contribution >= 4 is 28.9 Å². The van der Waals surface area contributed by atoms with Gasteiger partial charge in [0.1, 0.15) is 0 Å². The van der Waals surface area contributed by atoms with Crippen LogP contribution < -0.4 is 0 Å². The first kappa shape index (κ1) is 26.5. The van der Waals surface area contributed by atoms with Crippen molar-refractivity contribution in [3.8, 4) is 0 Å². The normalized spacial score (nSPS) is 18.1. The Bertz CT molecular complexity index is 637. The first-order chi connectivity index (χ1) is 12.6. The topological polar surface area (TPSA) is 0 Å². The molecule has 0 aromatic heterocycles. The third-order valence-electron chi connectivity index (χ3n) is 5.73. The Kier molecular flexibility index (Phi) is 9.64. The molecule has 0 N–H and O–H groups in total. The molecule has 0 nitrogen and oxygen atoms in total. The van der Waals surface area contributed by atoms with E-state index in [0.29, 0.717) is 10.8 Å². The van der Waals surface area contributed by atoms with E-state index in [1.54, 1.807) is 30.0 Å². The summed E-state index contributed by atoms with van der Waals surface area (Å²) in [6, 6.07) is 1.93. The quantitative estimate of drug-likeness (QED) is 0.281. The first-order valence-corrected chi connectivity index (χ1v) is 16.6. The Morgan fingerprint density at radius 3 is 1.29 bits per heavy atom. The Labute approximate surface area is 194 Å². The number of allylic oxidation sites excluding steroid dienone is 8. The Balaban J connectivity index is 0.000000480. The molecule has 0 unspecified atom stereocenters. The van der Waals surface area contributed by atoms with Crippen molar-refractivity contribution in [2.75, 3.05) is 0 Å². The minimum absolute atomic E-state index is 0.113. The van der Waals surface area contributed by atoms with Crippen LogP contribution in [0, 0.1) is 10.8 Å². The molecule has 0 aliphatic heterocycles. The van der Waals surface area contributed by atoms with E-state index in [9.17, 15) is 0 Å². The van der Waals surface area contributed by atoms with E-state index >= 15 is 0 Å². The molecule has 0 radical (unpaired) electrons. The van der Waals surface area contributed by atoms with Gasteiger partial charge < -0.3 is 0 Å². The monoisotopic (exact) mass is 474 g/mol. The van der Waals surface area contributed by atoms with Crippen molar-refractivity contribution in [2.24, 2.45) is 10.8 Å². The molecule has 0 fully saturated rings. The standard InChI is InChI=1S/2C10H15.C4H10Cl2Si.Ti/c2*1-8-5-6-9(7-8)10(2,3)4;1-3-7(5,6)4-2;/h2*7H,6H2,1-4H3;3-4H2,1-2H3;. The van der Waals surface area contributed by atoms with Crippen molar-refractivity contribution in [1.29, 1.82) is 0 Å². The van der Waals surface area contributed by atoms with Crippen molar-refractivity contribution in [2.45, 2.75) is 94.2 Å². The van der Waals surface area contributed by atoms with Gasteiger partial charge in [-0.05, 0) is 12.1 Å². The van der Waals surface area contributed by atoms with Crippen molar-refractivity contribution in [3.63, 3.8) is 0 Å². The zero-order chi connectivity index (χ0) is 21.9. The van der Waals surface area contributed by atoms with Gasteiger partial charge in [-0.3, -0.25) is 0 Å².